The number of fused-ring (bicyclic) bond motifs is 2. The average Bonchev–Trinajstić information content (AvgIpc) is 3.53. The molecule has 39 heavy (non-hydrogen) atoms. The number of aryl methyl sites for hydroxylation is 1. The molecule has 0 saturated carbocycles. The molecule has 0 aliphatic carbocycles. The number of pyridine rings is 1. The van der Waals surface area contributed by atoms with E-state index >= 15 is 0 Å². The lowest BCUT2D eigenvalue weighted by Crippen LogP contribution is -2.39. The Morgan fingerprint density at radius 3 is 2.79 bits per heavy atom. The zero-order valence-electron chi connectivity index (χ0n) is 24.2. The van der Waals surface area contributed by atoms with Crippen LogP contribution in [0.5, 0.6) is 0 Å². The number of piperidine rings is 1. The number of hydrogen-bond donors (Lipinski definition) is 1. The summed E-state index contributed by atoms with van der Waals surface area (Å²) in [4.78, 5) is 31.1. The zero-order valence-corrected chi connectivity index (χ0v) is 22.8. The molecule has 4 aromatic heterocycles. The van der Waals surface area contributed by atoms with E-state index in [1.807, 2.05) is 36.5 Å². The van der Waals surface area contributed by atoms with Gasteiger partial charge in [0.1, 0.15) is 0 Å². The molecule has 1 aliphatic heterocycles. The Morgan fingerprint density at radius 2 is 2.03 bits per heavy atom. The topological polar surface area (TPSA) is 97.6 Å². The van der Waals surface area contributed by atoms with E-state index in [1.54, 1.807) is 6.20 Å². The average molecular weight is 562 g/mol. The van der Waals surface area contributed by atoms with Crippen LogP contribution in [-0.4, -0.2) is 31.8 Å². The van der Waals surface area contributed by atoms with Crippen molar-refractivity contribution in [1.29, 1.82) is 5.26 Å². The van der Waals surface area contributed by atoms with E-state index in [2.05, 4.69) is 20.9 Å². The summed E-state index contributed by atoms with van der Waals surface area (Å²) in [6.07, 6.45) is 5.24. The fourth-order valence-corrected chi connectivity index (χ4v) is 6.81. The smallest absolute Gasteiger partial charge is 0.331 e. The molecule has 5 heterocycles. The first-order valence-corrected chi connectivity index (χ1v) is 13.8. The van der Waals surface area contributed by atoms with Crippen LogP contribution in [0.4, 0.5) is 0 Å². The van der Waals surface area contributed by atoms with Gasteiger partial charge in [-0.05, 0) is 63.2 Å². The van der Waals surface area contributed by atoms with Gasteiger partial charge in [0.05, 0.1) is 33.8 Å². The van der Waals surface area contributed by atoms with Crippen LogP contribution >= 0.6 is 22.9 Å². The van der Waals surface area contributed by atoms with Crippen molar-refractivity contribution >= 4 is 44.1 Å². The van der Waals surface area contributed by atoms with Gasteiger partial charge < -0.3 is 14.5 Å². The number of thiophene rings is 1. The third-order valence-corrected chi connectivity index (χ3v) is 8.90. The molecule has 0 unspecified atom stereocenters. The minimum Gasteiger partial charge on any atom is -0.345 e. The van der Waals surface area contributed by atoms with E-state index < -0.39 is 23.6 Å². The van der Waals surface area contributed by atoms with E-state index in [1.165, 1.54) is 18.3 Å². The Hall–Kier alpha value is -3.71. The van der Waals surface area contributed by atoms with E-state index in [0.717, 1.165) is 63.3 Å². The number of nitriles is 1. The summed E-state index contributed by atoms with van der Waals surface area (Å²) < 4.78 is 27.8. The molecule has 0 bridgehead atoms. The molecule has 0 radical (unpaired) electrons. The maximum absolute atomic E-state index is 13.1. The summed E-state index contributed by atoms with van der Waals surface area (Å²) in [5.74, 6) is 0. The monoisotopic (exact) mass is 561 g/mol. The molecule has 1 N–H and O–H groups in total. The van der Waals surface area contributed by atoms with Gasteiger partial charge in [-0.15, -0.1) is 11.3 Å². The van der Waals surface area contributed by atoms with Gasteiger partial charge in [0, 0.05) is 68.2 Å². The molecular formula is C29H27ClN6O2S. The summed E-state index contributed by atoms with van der Waals surface area (Å²) in [7, 11) is 0. The molecule has 10 heteroatoms. The molecule has 5 aromatic rings. The molecule has 0 spiro atoms. The Morgan fingerprint density at radius 1 is 1.21 bits per heavy atom. The summed E-state index contributed by atoms with van der Waals surface area (Å²) in [6, 6.07) is 13.3. The number of rotatable bonds is 5. The highest BCUT2D eigenvalue weighted by molar-refractivity contribution is 7.19. The van der Waals surface area contributed by atoms with Gasteiger partial charge >= 0.3 is 5.69 Å². The van der Waals surface area contributed by atoms with Crippen molar-refractivity contribution < 1.29 is 4.11 Å². The fourth-order valence-electron chi connectivity index (χ4n) is 5.45. The van der Waals surface area contributed by atoms with Crippen molar-refractivity contribution in [1.82, 2.24) is 24.0 Å². The van der Waals surface area contributed by atoms with Crippen molar-refractivity contribution in [3.8, 4) is 17.2 Å². The van der Waals surface area contributed by atoms with Crippen LogP contribution < -0.4 is 16.6 Å². The lowest BCUT2D eigenvalue weighted by atomic mass is 9.80. The molecule has 0 atom stereocenters. The minimum absolute atomic E-state index is 0.0807. The summed E-state index contributed by atoms with van der Waals surface area (Å²) >= 11 is 7.98. The Bertz CT molecular complexity index is 2010. The minimum atomic E-state index is -2.71. The van der Waals surface area contributed by atoms with Crippen molar-refractivity contribution in [2.75, 3.05) is 13.1 Å². The second kappa shape index (κ2) is 9.79. The van der Waals surface area contributed by atoms with Crippen LogP contribution in [0.2, 0.25) is 5.02 Å². The molecule has 1 fully saturated rings. The standard InChI is InChI=1S/C29H27ClN6O2S/c1-18-11-25(37)36(28(38)34(18)2)15-21-14-24-27(39-21)22(3-7-33-24)23-13-20(30)12-19-4-10-35(26(19)23)17-29(16-31)5-8-32-9-6-29/h3-4,7,10-14,32H,5-6,8-9,15,17H2,1-2H3/i2D3. The van der Waals surface area contributed by atoms with Crippen molar-refractivity contribution in [3.05, 3.63) is 85.2 Å². The maximum Gasteiger partial charge on any atom is 0.331 e. The molecule has 1 saturated heterocycles. The van der Waals surface area contributed by atoms with Crippen LogP contribution in [0.1, 0.15) is 27.5 Å². The SMILES string of the molecule is [2H]C([2H])([2H])n1c(C)cc(=O)n(Cc2cc3nccc(-c4cc(Cl)cc5ccn(CC6(C#N)CCNCC6)c45)c3s2)c1=O. The first kappa shape index (κ1) is 22.1. The first-order valence-electron chi connectivity index (χ1n) is 14.1. The van der Waals surface area contributed by atoms with E-state index in [0.29, 0.717) is 26.5 Å². The number of nitrogens with one attached hydrogen (secondary N) is 1. The molecular weight excluding hydrogens is 532 g/mol. The quantitative estimate of drug-likeness (QED) is 0.336. The Kier molecular flexibility index (Phi) is 5.56. The molecule has 1 aromatic carbocycles. The molecule has 8 nitrogen and oxygen atoms in total. The van der Waals surface area contributed by atoms with E-state index in [9.17, 15) is 14.9 Å². The Balaban J connectivity index is 1.47. The normalized spacial score (nSPS) is 16.6. The number of benzene rings is 1. The van der Waals surface area contributed by atoms with Crippen LogP contribution in [0.25, 0.3) is 32.2 Å². The predicted octanol–water partition coefficient (Wildman–Crippen LogP) is 4.68. The third kappa shape index (κ3) is 4.48. The number of halogens is 1. The van der Waals surface area contributed by atoms with Gasteiger partial charge in [0.15, 0.2) is 0 Å². The van der Waals surface area contributed by atoms with Crippen molar-refractivity contribution in [2.45, 2.75) is 32.9 Å². The maximum atomic E-state index is 13.1. The highest BCUT2D eigenvalue weighted by atomic mass is 35.5. The number of nitrogens with zero attached hydrogens (tertiary/aromatic N) is 5. The zero-order chi connectivity index (χ0) is 29.8. The van der Waals surface area contributed by atoms with E-state index in [4.69, 9.17) is 15.7 Å². The molecule has 198 valence electrons. The van der Waals surface area contributed by atoms with Crippen LogP contribution in [0.3, 0.4) is 0 Å². The second-order valence-corrected chi connectivity index (χ2v) is 11.7. The van der Waals surface area contributed by atoms with Gasteiger partial charge in [0.2, 0.25) is 0 Å². The van der Waals surface area contributed by atoms with Gasteiger partial charge in [-0.1, -0.05) is 11.6 Å². The molecule has 0 amide bonds. The van der Waals surface area contributed by atoms with Gasteiger partial charge in [-0.2, -0.15) is 5.26 Å². The largest absolute Gasteiger partial charge is 0.345 e. The highest BCUT2D eigenvalue weighted by Gasteiger charge is 2.33. The number of aromatic nitrogens is 4. The van der Waals surface area contributed by atoms with Gasteiger partial charge in [0.25, 0.3) is 5.56 Å². The molecule has 1 aliphatic rings. The van der Waals surface area contributed by atoms with Gasteiger partial charge in [-0.25, -0.2) is 4.79 Å². The van der Waals surface area contributed by atoms with Crippen LogP contribution in [-0.2, 0) is 20.1 Å². The molecule has 6 rings (SSSR count). The van der Waals surface area contributed by atoms with Crippen LogP contribution in [0, 0.1) is 23.7 Å². The summed E-state index contributed by atoms with van der Waals surface area (Å²) in [5, 5.41) is 15.0. The lowest BCUT2D eigenvalue weighted by molar-refractivity contribution is 0.247. The number of hydrogen-bond acceptors (Lipinski definition) is 6. The first-order chi connectivity index (χ1) is 20.0. The van der Waals surface area contributed by atoms with E-state index in [-0.39, 0.29) is 12.2 Å². The van der Waals surface area contributed by atoms with Gasteiger partial charge in [-0.3, -0.25) is 14.3 Å². The van der Waals surface area contributed by atoms with Crippen LogP contribution in [0.15, 0.2) is 58.4 Å². The highest BCUT2D eigenvalue weighted by Crippen LogP contribution is 2.40. The third-order valence-electron chi connectivity index (χ3n) is 7.54. The van der Waals surface area contributed by atoms with Crippen molar-refractivity contribution in [2.24, 2.45) is 12.4 Å². The van der Waals surface area contributed by atoms with Crippen molar-refractivity contribution in [3.63, 3.8) is 0 Å². The lowest BCUT2D eigenvalue weighted by Gasteiger charge is -2.32. The predicted molar refractivity (Wildman–Crippen MR) is 155 cm³/mol. The second-order valence-electron chi connectivity index (χ2n) is 10.1. The fraction of sp³-hybridized carbons (Fsp3) is 0.310. The summed E-state index contributed by atoms with van der Waals surface area (Å²) in [5.41, 5.74) is 1.58. The Labute approximate surface area is 237 Å². The summed E-state index contributed by atoms with van der Waals surface area (Å²) in [6.45, 7) is 0.788.